The van der Waals surface area contributed by atoms with E-state index in [0.29, 0.717) is 21.5 Å². The Hall–Kier alpha value is -1.42. The molecule has 0 radical (unpaired) electrons. The number of H-pyrrole nitrogens is 1. The minimum atomic E-state index is -0.416. The zero-order chi connectivity index (χ0) is 11.9. The highest BCUT2D eigenvalue weighted by Gasteiger charge is 2.25. The van der Waals surface area contributed by atoms with Crippen molar-refractivity contribution in [3.05, 3.63) is 28.6 Å². The third-order valence-electron chi connectivity index (χ3n) is 2.38. The number of carbonyl (C=O) groups excluding carboxylic acids is 1. The van der Waals surface area contributed by atoms with Crippen molar-refractivity contribution in [3.8, 4) is 0 Å². The summed E-state index contributed by atoms with van der Waals surface area (Å²) in [6, 6.07) is 5.38. The second kappa shape index (κ2) is 3.56. The van der Waals surface area contributed by atoms with E-state index in [9.17, 15) is 4.79 Å². The van der Waals surface area contributed by atoms with Gasteiger partial charge >= 0.3 is 0 Å². The number of nitrogens with one attached hydrogen (secondary N) is 1. The summed E-state index contributed by atoms with van der Waals surface area (Å²) < 4.78 is 5.28. The topological polar surface area (TPSA) is 46.0 Å². The van der Waals surface area contributed by atoms with Gasteiger partial charge < -0.3 is 9.40 Å². The Balaban J connectivity index is 2.70. The predicted octanol–water partition coefficient (Wildman–Crippen LogP) is 3.72. The van der Waals surface area contributed by atoms with Gasteiger partial charge in [0.25, 0.3) is 4.84 Å². The van der Waals surface area contributed by atoms with Gasteiger partial charge in [-0.2, -0.15) is 0 Å². The van der Waals surface area contributed by atoms with E-state index in [4.69, 9.17) is 16.6 Å². The highest BCUT2D eigenvalue weighted by molar-refractivity contribution is 7.71. The van der Waals surface area contributed by atoms with Gasteiger partial charge in [-0.05, 0) is 24.4 Å². The number of oxazole rings is 1. The van der Waals surface area contributed by atoms with Gasteiger partial charge in [-0.1, -0.05) is 26.8 Å². The van der Waals surface area contributed by atoms with Gasteiger partial charge in [0.05, 0.1) is 5.52 Å². The van der Waals surface area contributed by atoms with Crippen LogP contribution in [0.5, 0.6) is 0 Å². The Morgan fingerprint density at radius 3 is 2.69 bits per heavy atom. The zero-order valence-corrected chi connectivity index (χ0v) is 10.3. The molecule has 1 N–H and O–H groups in total. The molecule has 0 amide bonds. The van der Waals surface area contributed by atoms with Crippen LogP contribution in [0.15, 0.2) is 22.6 Å². The molecule has 0 aliphatic rings. The van der Waals surface area contributed by atoms with Gasteiger partial charge in [0, 0.05) is 11.0 Å². The summed E-state index contributed by atoms with van der Waals surface area (Å²) >= 11 is 4.92. The molecule has 0 saturated heterocycles. The molecule has 16 heavy (non-hydrogen) atoms. The van der Waals surface area contributed by atoms with Crippen molar-refractivity contribution >= 4 is 29.1 Å². The maximum Gasteiger partial charge on any atom is 0.266 e. The lowest BCUT2D eigenvalue weighted by Crippen LogP contribution is -2.20. The van der Waals surface area contributed by atoms with E-state index in [1.807, 2.05) is 20.8 Å². The molecule has 0 fully saturated rings. The van der Waals surface area contributed by atoms with E-state index in [1.165, 1.54) is 0 Å². The van der Waals surface area contributed by atoms with Crippen LogP contribution in [0.25, 0.3) is 11.1 Å². The Labute approximate surface area is 98.5 Å². The number of ketones is 1. The normalized spacial score (nSPS) is 11.9. The van der Waals surface area contributed by atoms with Crippen molar-refractivity contribution in [3.63, 3.8) is 0 Å². The summed E-state index contributed by atoms with van der Waals surface area (Å²) in [4.78, 5) is 15.4. The van der Waals surface area contributed by atoms with Crippen molar-refractivity contribution in [2.75, 3.05) is 0 Å². The zero-order valence-electron chi connectivity index (χ0n) is 9.46. The Kier molecular flexibility index (Phi) is 2.46. The number of hydrogen-bond acceptors (Lipinski definition) is 3. The van der Waals surface area contributed by atoms with Crippen LogP contribution in [-0.4, -0.2) is 10.8 Å². The van der Waals surface area contributed by atoms with E-state index < -0.39 is 5.41 Å². The van der Waals surface area contributed by atoms with E-state index in [0.717, 1.165) is 0 Å². The highest BCUT2D eigenvalue weighted by atomic mass is 32.1. The fourth-order valence-electron chi connectivity index (χ4n) is 1.57. The first kappa shape index (κ1) is 11.1. The number of carbonyl (C=O) groups is 1. The third-order valence-corrected chi connectivity index (χ3v) is 2.57. The first-order valence-electron chi connectivity index (χ1n) is 5.06. The molecule has 0 aliphatic carbocycles. The largest absolute Gasteiger partial charge is 0.429 e. The standard InChI is InChI=1S/C12H13NO2S/c1-12(2,3)10(14)7-5-4-6-8-9(7)13-11(16)15-8/h4-6H,1-3H3,(H,13,16). The Bertz CT molecular complexity index is 601. The Morgan fingerprint density at radius 2 is 2.06 bits per heavy atom. The van der Waals surface area contributed by atoms with Crippen LogP contribution in [0.3, 0.4) is 0 Å². The van der Waals surface area contributed by atoms with Gasteiger partial charge in [-0.25, -0.2) is 0 Å². The lowest BCUT2D eigenvalue weighted by molar-refractivity contribution is 0.0860. The maximum absolute atomic E-state index is 12.2. The summed E-state index contributed by atoms with van der Waals surface area (Å²) in [6.07, 6.45) is 0. The van der Waals surface area contributed by atoms with Gasteiger partial charge in [0.2, 0.25) is 0 Å². The van der Waals surface area contributed by atoms with E-state index in [1.54, 1.807) is 18.2 Å². The fraction of sp³-hybridized carbons (Fsp3) is 0.333. The van der Waals surface area contributed by atoms with Gasteiger partial charge in [0.15, 0.2) is 11.4 Å². The van der Waals surface area contributed by atoms with Crippen LogP contribution in [0.4, 0.5) is 0 Å². The number of para-hydroxylation sites is 1. The second-order valence-corrected chi connectivity index (χ2v) is 5.14. The van der Waals surface area contributed by atoms with Crippen molar-refractivity contribution in [1.82, 2.24) is 4.98 Å². The van der Waals surface area contributed by atoms with E-state index in [-0.39, 0.29) is 5.78 Å². The average Bonchev–Trinajstić information content (AvgIpc) is 2.54. The van der Waals surface area contributed by atoms with Crippen LogP contribution in [0, 0.1) is 10.3 Å². The number of benzene rings is 1. The molecule has 1 aromatic carbocycles. The molecule has 4 heteroatoms. The summed E-state index contributed by atoms with van der Waals surface area (Å²) in [7, 11) is 0. The number of aromatic nitrogens is 1. The average molecular weight is 235 g/mol. The first-order chi connectivity index (χ1) is 7.39. The number of aromatic amines is 1. The molecular formula is C12H13NO2S. The number of Topliss-reactive ketones (excluding diaryl/α,β-unsaturated/α-hetero) is 1. The van der Waals surface area contributed by atoms with Crippen LogP contribution < -0.4 is 0 Å². The molecule has 84 valence electrons. The summed E-state index contributed by atoms with van der Waals surface area (Å²) in [5.41, 5.74) is 1.53. The molecule has 0 saturated carbocycles. The van der Waals surface area contributed by atoms with Crippen molar-refractivity contribution in [2.45, 2.75) is 20.8 Å². The van der Waals surface area contributed by atoms with Crippen LogP contribution in [0.1, 0.15) is 31.1 Å². The van der Waals surface area contributed by atoms with Crippen molar-refractivity contribution < 1.29 is 9.21 Å². The quantitative estimate of drug-likeness (QED) is 0.605. The van der Waals surface area contributed by atoms with Crippen molar-refractivity contribution in [1.29, 1.82) is 0 Å². The summed E-state index contributed by atoms with van der Waals surface area (Å²) in [5, 5.41) is 0. The molecule has 2 rings (SSSR count). The van der Waals surface area contributed by atoms with Crippen molar-refractivity contribution in [2.24, 2.45) is 5.41 Å². The fourth-order valence-corrected chi connectivity index (χ4v) is 1.76. The molecule has 1 aromatic heterocycles. The van der Waals surface area contributed by atoms with E-state index in [2.05, 4.69) is 4.98 Å². The van der Waals surface area contributed by atoms with Gasteiger partial charge in [-0.15, -0.1) is 0 Å². The van der Waals surface area contributed by atoms with Crippen LogP contribution >= 0.6 is 12.2 Å². The summed E-state index contributed by atoms with van der Waals surface area (Å²) in [6.45, 7) is 5.68. The predicted molar refractivity (Wildman–Crippen MR) is 65.2 cm³/mol. The SMILES string of the molecule is CC(C)(C)C(=O)c1cccc2oc(=S)[nH]c12. The molecule has 0 bridgehead atoms. The van der Waals surface area contributed by atoms with Crippen LogP contribution in [0.2, 0.25) is 0 Å². The monoisotopic (exact) mass is 235 g/mol. The third kappa shape index (κ3) is 1.80. The summed E-state index contributed by atoms with van der Waals surface area (Å²) in [5.74, 6) is 0.0742. The van der Waals surface area contributed by atoms with Gasteiger partial charge in [-0.3, -0.25) is 4.79 Å². The smallest absolute Gasteiger partial charge is 0.266 e. The molecule has 1 heterocycles. The lowest BCUT2D eigenvalue weighted by Gasteiger charge is -2.16. The lowest BCUT2D eigenvalue weighted by atomic mass is 9.86. The number of hydrogen-bond donors (Lipinski definition) is 1. The molecular weight excluding hydrogens is 222 g/mol. The Morgan fingerprint density at radius 1 is 1.38 bits per heavy atom. The number of fused-ring (bicyclic) bond motifs is 1. The molecule has 3 nitrogen and oxygen atoms in total. The highest BCUT2D eigenvalue weighted by Crippen LogP contribution is 2.26. The maximum atomic E-state index is 12.2. The molecule has 0 atom stereocenters. The number of rotatable bonds is 1. The van der Waals surface area contributed by atoms with Crippen LogP contribution in [-0.2, 0) is 0 Å². The minimum Gasteiger partial charge on any atom is -0.429 e. The molecule has 0 spiro atoms. The minimum absolute atomic E-state index is 0.0742. The molecule has 0 aliphatic heterocycles. The second-order valence-electron chi connectivity index (χ2n) is 4.77. The van der Waals surface area contributed by atoms with Gasteiger partial charge in [0.1, 0.15) is 0 Å². The molecule has 0 unspecified atom stereocenters. The van der Waals surface area contributed by atoms with E-state index >= 15 is 0 Å². The first-order valence-corrected chi connectivity index (χ1v) is 5.47. The molecule has 2 aromatic rings.